The van der Waals surface area contributed by atoms with Gasteiger partial charge >= 0.3 is 0 Å². The first-order valence-corrected chi connectivity index (χ1v) is 7.02. The highest BCUT2D eigenvalue weighted by Crippen LogP contribution is 2.31. The summed E-state index contributed by atoms with van der Waals surface area (Å²) in [6.45, 7) is 5.87. The van der Waals surface area contributed by atoms with E-state index in [2.05, 4.69) is 28.9 Å². The van der Waals surface area contributed by atoms with Crippen molar-refractivity contribution in [2.24, 2.45) is 0 Å². The van der Waals surface area contributed by atoms with Gasteiger partial charge in [0.25, 0.3) is 5.95 Å². The number of aromatic nitrogens is 2. The first-order chi connectivity index (χ1) is 8.76. The van der Waals surface area contributed by atoms with Gasteiger partial charge in [0.1, 0.15) is 0 Å². The van der Waals surface area contributed by atoms with Gasteiger partial charge in [0, 0.05) is 13.1 Å². The Kier molecular flexibility index (Phi) is 4.58. The molecule has 1 heterocycles. The number of nitrogens with zero attached hydrogens (tertiary/aromatic N) is 3. The summed E-state index contributed by atoms with van der Waals surface area (Å²) in [5.74, 6) is 1.27. The smallest absolute Gasteiger partial charge is 0.266 e. The molecule has 1 aliphatic carbocycles. The van der Waals surface area contributed by atoms with Gasteiger partial charge in [0.15, 0.2) is 0 Å². The third kappa shape index (κ3) is 2.83. The SMILES string of the molecule is CCN(CC)c1noc(C2CCCCCC2O)n1. The maximum Gasteiger partial charge on any atom is 0.266 e. The Morgan fingerprint density at radius 3 is 2.67 bits per heavy atom. The first-order valence-electron chi connectivity index (χ1n) is 7.02. The molecule has 0 aromatic carbocycles. The Morgan fingerprint density at radius 2 is 1.94 bits per heavy atom. The van der Waals surface area contributed by atoms with Crippen molar-refractivity contribution in [3.63, 3.8) is 0 Å². The highest BCUT2D eigenvalue weighted by Gasteiger charge is 2.28. The van der Waals surface area contributed by atoms with E-state index in [0.717, 1.165) is 38.8 Å². The molecule has 2 rings (SSSR count). The van der Waals surface area contributed by atoms with Gasteiger partial charge in [0.05, 0.1) is 12.0 Å². The Labute approximate surface area is 108 Å². The lowest BCUT2D eigenvalue weighted by molar-refractivity contribution is 0.119. The van der Waals surface area contributed by atoms with Crippen LogP contribution in [-0.4, -0.2) is 34.4 Å². The lowest BCUT2D eigenvalue weighted by Crippen LogP contribution is -2.23. The second kappa shape index (κ2) is 6.18. The van der Waals surface area contributed by atoms with Crippen molar-refractivity contribution in [2.75, 3.05) is 18.0 Å². The van der Waals surface area contributed by atoms with Gasteiger partial charge in [-0.25, -0.2) is 0 Å². The quantitative estimate of drug-likeness (QED) is 0.834. The van der Waals surface area contributed by atoms with E-state index < -0.39 is 0 Å². The fraction of sp³-hybridized carbons (Fsp3) is 0.846. The van der Waals surface area contributed by atoms with Crippen molar-refractivity contribution in [3.05, 3.63) is 5.89 Å². The Balaban J connectivity index is 2.12. The summed E-state index contributed by atoms with van der Waals surface area (Å²) >= 11 is 0. The van der Waals surface area contributed by atoms with Crippen LogP contribution in [0.25, 0.3) is 0 Å². The molecular formula is C13H23N3O2. The van der Waals surface area contributed by atoms with E-state index >= 15 is 0 Å². The average Bonchev–Trinajstić information content (AvgIpc) is 2.74. The first kappa shape index (κ1) is 13.3. The van der Waals surface area contributed by atoms with Crippen molar-refractivity contribution in [2.45, 2.75) is 58.0 Å². The van der Waals surface area contributed by atoms with Crippen LogP contribution in [0.2, 0.25) is 0 Å². The zero-order chi connectivity index (χ0) is 13.0. The molecular weight excluding hydrogens is 230 g/mol. The minimum Gasteiger partial charge on any atom is -0.392 e. The molecule has 5 nitrogen and oxygen atoms in total. The lowest BCUT2D eigenvalue weighted by atomic mass is 9.97. The highest BCUT2D eigenvalue weighted by molar-refractivity contribution is 5.27. The number of aliphatic hydroxyl groups excluding tert-OH is 1. The maximum absolute atomic E-state index is 10.1. The van der Waals surface area contributed by atoms with Crippen molar-refractivity contribution in [3.8, 4) is 0 Å². The number of rotatable bonds is 4. The van der Waals surface area contributed by atoms with Gasteiger partial charge in [0.2, 0.25) is 5.89 Å². The molecule has 0 spiro atoms. The molecule has 18 heavy (non-hydrogen) atoms. The second-order valence-electron chi connectivity index (χ2n) is 4.92. The lowest BCUT2D eigenvalue weighted by Gasteiger charge is -2.16. The zero-order valence-corrected chi connectivity index (χ0v) is 11.3. The summed E-state index contributed by atoms with van der Waals surface area (Å²) in [6.07, 6.45) is 4.86. The molecule has 0 saturated heterocycles. The Hall–Kier alpha value is -1.10. The van der Waals surface area contributed by atoms with Gasteiger partial charge in [-0.2, -0.15) is 4.98 Å². The fourth-order valence-corrected chi connectivity index (χ4v) is 2.59. The van der Waals surface area contributed by atoms with Crippen LogP contribution >= 0.6 is 0 Å². The molecule has 0 radical (unpaired) electrons. The van der Waals surface area contributed by atoms with E-state index in [1.54, 1.807) is 0 Å². The molecule has 0 amide bonds. The Bertz CT molecular complexity index is 363. The van der Waals surface area contributed by atoms with Gasteiger partial charge < -0.3 is 14.5 Å². The largest absolute Gasteiger partial charge is 0.392 e. The molecule has 1 aromatic rings. The van der Waals surface area contributed by atoms with Crippen molar-refractivity contribution < 1.29 is 9.63 Å². The van der Waals surface area contributed by atoms with Crippen LogP contribution in [0.3, 0.4) is 0 Å². The summed E-state index contributed by atoms with van der Waals surface area (Å²) in [7, 11) is 0. The van der Waals surface area contributed by atoms with Crippen molar-refractivity contribution >= 4 is 5.95 Å². The van der Waals surface area contributed by atoms with Crippen molar-refractivity contribution in [1.82, 2.24) is 10.1 Å². The number of anilines is 1. The minimum atomic E-state index is -0.336. The van der Waals surface area contributed by atoms with Crippen molar-refractivity contribution in [1.29, 1.82) is 0 Å². The molecule has 5 heteroatoms. The van der Waals surface area contributed by atoms with Gasteiger partial charge in [-0.3, -0.25) is 0 Å². The summed E-state index contributed by atoms with van der Waals surface area (Å²) in [5.41, 5.74) is 0. The molecule has 1 N–H and O–H groups in total. The standard InChI is InChI=1S/C13H23N3O2/c1-3-16(4-2)13-14-12(18-15-13)10-8-6-5-7-9-11(10)17/h10-11,17H,3-9H2,1-2H3. The highest BCUT2D eigenvalue weighted by atomic mass is 16.5. The second-order valence-corrected chi connectivity index (χ2v) is 4.92. The predicted molar refractivity (Wildman–Crippen MR) is 69.7 cm³/mol. The van der Waals surface area contributed by atoms with Gasteiger partial charge in [-0.05, 0) is 31.8 Å². The molecule has 0 aliphatic heterocycles. The summed E-state index contributed by atoms with van der Waals surface area (Å²) in [5, 5.41) is 14.2. The molecule has 1 fully saturated rings. The van der Waals surface area contributed by atoms with Crippen LogP contribution in [0.5, 0.6) is 0 Å². The molecule has 1 aliphatic rings. The van der Waals surface area contributed by atoms with Crippen LogP contribution in [0.4, 0.5) is 5.95 Å². The number of aliphatic hydroxyl groups is 1. The van der Waals surface area contributed by atoms with Gasteiger partial charge in [-0.1, -0.05) is 19.3 Å². The number of hydrogen-bond donors (Lipinski definition) is 1. The molecule has 2 unspecified atom stereocenters. The van der Waals surface area contributed by atoms with E-state index in [4.69, 9.17) is 4.52 Å². The molecule has 102 valence electrons. The third-order valence-electron chi connectivity index (χ3n) is 3.77. The summed E-state index contributed by atoms with van der Waals surface area (Å²) in [6, 6.07) is 0. The molecule has 2 atom stereocenters. The van der Waals surface area contributed by atoms with E-state index in [1.165, 1.54) is 6.42 Å². The molecule has 1 aromatic heterocycles. The normalized spacial score (nSPS) is 24.8. The van der Waals surface area contributed by atoms with E-state index in [0.29, 0.717) is 11.8 Å². The fourth-order valence-electron chi connectivity index (χ4n) is 2.59. The molecule has 1 saturated carbocycles. The van der Waals surface area contributed by atoms with E-state index in [1.807, 2.05) is 0 Å². The predicted octanol–water partition coefficient (Wildman–Crippen LogP) is 2.32. The van der Waals surface area contributed by atoms with E-state index in [-0.39, 0.29) is 12.0 Å². The summed E-state index contributed by atoms with van der Waals surface area (Å²) < 4.78 is 5.35. The number of hydrogen-bond acceptors (Lipinski definition) is 5. The molecule has 0 bridgehead atoms. The monoisotopic (exact) mass is 253 g/mol. The minimum absolute atomic E-state index is 0.0179. The average molecular weight is 253 g/mol. The van der Waals surface area contributed by atoms with Crippen LogP contribution < -0.4 is 4.90 Å². The van der Waals surface area contributed by atoms with Crippen LogP contribution in [0.15, 0.2) is 4.52 Å². The zero-order valence-electron chi connectivity index (χ0n) is 11.3. The van der Waals surface area contributed by atoms with Crippen LogP contribution in [0, 0.1) is 0 Å². The maximum atomic E-state index is 10.1. The van der Waals surface area contributed by atoms with Crippen LogP contribution in [0.1, 0.15) is 57.8 Å². The van der Waals surface area contributed by atoms with Crippen LogP contribution in [-0.2, 0) is 0 Å². The topological polar surface area (TPSA) is 62.4 Å². The third-order valence-corrected chi connectivity index (χ3v) is 3.77. The Morgan fingerprint density at radius 1 is 1.22 bits per heavy atom. The summed E-state index contributed by atoms with van der Waals surface area (Å²) in [4.78, 5) is 6.51. The van der Waals surface area contributed by atoms with Gasteiger partial charge in [-0.15, -0.1) is 0 Å². The van der Waals surface area contributed by atoms with E-state index in [9.17, 15) is 5.11 Å².